The van der Waals surface area contributed by atoms with Crippen molar-refractivity contribution < 1.29 is 4.79 Å². The first-order valence-corrected chi connectivity index (χ1v) is 7.62. The van der Waals surface area contributed by atoms with Gasteiger partial charge in [0.05, 0.1) is 0 Å². The third kappa shape index (κ3) is 2.17. The fourth-order valence-electron chi connectivity index (χ4n) is 2.86. The second kappa shape index (κ2) is 4.69. The van der Waals surface area contributed by atoms with Crippen LogP contribution in [0.3, 0.4) is 0 Å². The number of carbonyl (C=O) groups is 1. The number of carbonyl (C=O) groups excluding carboxylic acids is 1. The number of Topliss-reactive ketones (excluding diaryl/α,β-unsaturated/α-hetero) is 1. The Bertz CT molecular complexity index is 270. The molecule has 0 spiro atoms. The van der Waals surface area contributed by atoms with Gasteiger partial charge in [-0.25, -0.2) is 0 Å². The van der Waals surface area contributed by atoms with Gasteiger partial charge in [-0.05, 0) is 26.0 Å². The van der Waals surface area contributed by atoms with E-state index in [0.29, 0.717) is 16.6 Å². The predicted octanol–water partition coefficient (Wildman–Crippen LogP) is 2.57. The van der Waals surface area contributed by atoms with Crippen molar-refractivity contribution in [3.05, 3.63) is 0 Å². The van der Waals surface area contributed by atoms with Crippen LogP contribution in [-0.4, -0.2) is 40.8 Å². The standard InChI is InChI=1S/C13H23NOS/c1-10-11(2)14(8-5-12(10)15)9-13(16-3)6-4-7-13/h10-11H,4-9H2,1-3H3. The zero-order valence-electron chi connectivity index (χ0n) is 10.7. The van der Waals surface area contributed by atoms with Crippen LogP contribution >= 0.6 is 11.8 Å². The van der Waals surface area contributed by atoms with Crippen LogP contribution in [-0.2, 0) is 4.79 Å². The van der Waals surface area contributed by atoms with Crippen molar-refractivity contribution in [3.63, 3.8) is 0 Å². The second-order valence-corrected chi connectivity index (χ2v) is 6.73. The maximum Gasteiger partial charge on any atom is 0.138 e. The monoisotopic (exact) mass is 241 g/mol. The highest BCUT2D eigenvalue weighted by Gasteiger charge is 2.41. The molecule has 0 aromatic rings. The molecule has 2 atom stereocenters. The molecule has 2 rings (SSSR count). The van der Waals surface area contributed by atoms with E-state index in [0.717, 1.165) is 13.0 Å². The SMILES string of the molecule is CSC1(CN2CCC(=O)C(C)C2C)CCC1. The summed E-state index contributed by atoms with van der Waals surface area (Å²) in [5.41, 5.74) is 0. The van der Waals surface area contributed by atoms with Gasteiger partial charge in [0.25, 0.3) is 0 Å². The van der Waals surface area contributed by atoms with Gasteiger partial charge in [-0.3, -0.25) is 9.69 Å². The molecule has 1 aliphatic carbocycles. The lowest BCUT2D eigenvalue weighted by Crippen LogP contribution is -2.54. The molecule has 2 nitrogen and oxygen atoms in total. The van der Waals surface area contributed by atoms with E-state index in [1.54, 1.807) is 0 Å². The van der Waals surface area contributed by atoms with Crippen LogP contribution in [0.1, 0.15) is 39.5 Å². The molecule has 1 saturated carbocycles. The van der Waals surface area contributed by atoms with Crippen LogP contribution in [0.2, 0.25) is 0 Å². The molecule has 0 N–H and O–H groups in total. The lowest BCUT2D eigenvalue weighted by atomic mass is 9.82. The Morgan fingerprint density at radius 3 is 2.62 bits per heavy atom. The van der Waals surface area contributed by atoms with E-state index in [1.165, 1.54) is 25.8 Å². The van der Waals surface area contributed by atoms with Gasteiger partial charge in [0.1, 0.15) is 5.78 Å². The molecule has 16 heavy (non-hydrogen) atoms. The first kappa shape index (κ1) is 12.4. The molecule has 0 aromatic heterocycles. The van der Waals surface area contributed by atoms with Gasteiger partial charge in [-0.15, -0.1) is 0 Å². The van der Waals surface area contributed by atoms with Gasteiger partial charge in [-0.1, -0.05) is 13.3 Å². The zero-order chi connectivity index (χ0) is 11.8. The van der Waals surface area contributed by atoms with Crippen molar-refractivity contribution in [2.45, 2.75) is 50.3 Å². The predicted molar refractivity (Wildman–Crippen MR) is 69.9 cm³/mol. The molecule has 1 aliphatic heterocycles. The summed E-state index contributed by atoms with van der Waals surface area (Å²) in [6.45, 7) is 6.47. The smallest absolute Gasteiger partial charge is 0.138 e. The highest BCUT2D eigenvalue weighted by atomic mass is 32.2. The summed E-state index contributed by atoms with van der Waals surface area (Å²) >= 11 is 2.03. The summed E-state index contributed by atoms with van der Waals surface area (Å²) in [7, 11) is 0. The van der Waals surface area contributed by atoms with Gasteiger partial charge in [0, 0.05) is 36.2 Å². The molecule has 3 heteroatoms. The van der Waals surface area contributed by atoms with Gasteiger partial charge >= 0.3 is 0 Å². The van der Waals surface area contributed by atoms with Crippen molar-refractivity contribution in [2.24, 2.45) is 5.92 Å². The average molecular weight is 241 g/mol. The molecule has 0 radical (unpaired) electrons. The summed E-state index contributed by atoms with van der Waals surface area (Å²) in [6, 6.07) is 0.436. The van der Waals surface area contributed by atoms with Crippen LogP contribution in [0.4, 0.5) is 0 Å². The Kier molecular flexibility index (Phi) is 3.65. The molecule has 2 unspecified atom stereocenters. The topological polar surface area (TPSA) is 20.3 Å². The minimum atomic E-state index is 0.229. The first-order chi connectivity index (χ1) is 7.58. The van der Waals surface area contributed by atoms with Crippen LogP contribution < -0.4 is 0 Å². The molecule has 92 valence electrons. The Morgan fingerprint density at radius 2 is 2.12 bits per heavy atom. The van der Waals surface area contributed by atoms with Crippen LogP contribution in [0.25, 0.3) is 0 Å². The number of hydrogen-bond donors (Lipinski definition) is 0. The average Bonchev–Trinajstić information content (AvgIpc) is 2.23. The van der Waals surface area contributed by atoms with Crippen molar-refractivity contribution in [1.82, 2.24) is 4.90 Å². The third-order valence-electron chi connectivity index (χ3n) is 4.64. The van der Waals surface area contributed by atoms with Crippen LogP contribution in [0.5, 0.6) is 0 Å². The van der Waals surface area contributed by atoms with E-state index < -0.39 is 0 Å². The largest absolute Gasteiger partial charge is 0.299 e. The van der Waals surface area contributed by atoms with E-state index in [-0.39, 0.29) is 5.92 Å². The first-order valence-electron chi connectivity index (χ1n) is 6.40. The Labute approximate surface area is 103 Å². The number of rotatable bonds is 3. The van der Waals surface area contributed by atoms with E-state index in [4.69, 9.17) is 0 Å². The van der Waals surface area contributed by atoms with Crippen molar-refractivity contribution in [2.75, 3.05) is 19.3 Å². The fraction of sp³-hybridized carbons (Fsp3) is 0.923. The number of ketones is 1. The maximum atomic E-state index is 11.6. The quantitative estimate of drug-likeness (QED) is 0.757. The molecular weight excluding hydrogens is 218 g/mol. The molecule has 1 saturated heterocycles. The van der Waals surface area contributed by atoms with Crippen molar-refractivity contribution >= 4 is 17.5 Å². The molecule has 0 aromatic carbocycles. The molecule has 0 bridgehead atoms. The van der Waals surface area contributed by atoms with Gasteiger partial charge in [-0.2, -0.15) is 11.8 Å². The number of nitrogens with zero attached hydrogens (tertiary/aromatic N) is 1. The summed E-state index contributed by atoms with van der Waals surface area (Å²) < 4.78 is 0.508. The Hall–Kier alpha value is -0.0200. The van der Waals surface area contributed by atoms with Crippen molar-refractivity contribution in [3.8, 4) is 0 Å². The molecular formula is C13H23NOS. The van der Waals surface area contributed by atoms with Gasteiger partial charge in [0.2, 0.25) is 0 Å². The highest BCUT2D eigenvalue weighted by Crippen LogP contribution is 2.44. The van der Waals surface area contributed by atoms with Gasteiger partial charge in [0.15, 0.2) is 0 Å². The van der Waals surface area contributed by atoms with E-state index in [2.05, 4.69) is 25.0 Å². The van der Waals surface area contributed by atoms with Crippen LogP contribution in [0.15, 0.2) is 0 Å². The number of thioether (sulfide) groups is 1. The van der Waals surface area contributed by atoms with Gasteiger partial charge < -0.3 is 0 Å². The minimum absolute atomic E-state index is 0.229. The summed E-state index contributed by atoms with van der Waals surface area (Å²) in [5, 5.41) is 0. The normalized spacial score (nSPS) is 34.8. The molecule has 2 fully saturated rings. The zero-order valence-corrected chi connectivity index (χ0v) is 11.5. The Morgan fingerprint density at radius 1 is 1.44 bits per heavy atom. The lowest BCUT2D eigenvalue weighted by Gasteiger charge is -2.47. The van der Waals surface area contributed by atoms with E-state index in [9.17, 15) is 4.79 Å². The minimum Gasteiger partial charge on any atom is -0.299 e. The summed E-state index contributed by atoms with van der Waals surface area (Å²) in [4.78, 5) is 14.2. The van der Waals surface area contributed by atoms with E-state index in [1.807, 2.05) is 11.8 Å². The highest BCUT2D eigenvalue weighted by molar-refractivity contribution is 8.00. The third-order valence-corrected chi connectivity index (χ3v) is 6.05. The maximum absolute atomic E-state index is 11.6. The number of hydrogen-bond acceptors (Lipinski definition) is 3. The molecule has 2 aliphatic rings. The summed E-state index contributed by atoms with van der Waals surface area (Å²) in [5.74, 6) is 0.684. The lowest BCUT2D eigenvalue weighted by molar-refractivity contribution is -0.128. The molecule has 0 amide bonds. The van der Waals surface area contributed by atoms with Crippen LogP contribution in [0, 0.1) is 5.92 Å². The number of piperidine rings is 1. The van der Waals surface area contributed by atoms with Crippen molar-refractivity contribution in [1.29, 1.82) is 0 Å². The van der Waals surface area contributed by atoms with E-state index >= 15 is 0 Å². The number of likely N-dealkylation sites (tertiary alicyclic amines) is 1. The summed E-state index contributed by atoms with van der Waals surface area (Å²) in [6.07, 6.45) is 7.11. The fourth-order valence-corrected chi connectivity index (χ4v) is 3.85. The second-order valence-electron chi connectivity index (χ2n) is 5.46. The molecule has 1 heterocycles. The Balaban J connectivity index is 1.97.